The fourth-order valence-corrected chi connectivity index (χ4v) is 2.95. The molecule has 0 radical (unpaired) electrons. The van der Waals surface area contributed by atoms with Crippen molar-refractivity contribution >= 4 is 10.0 Å². The van der Waals surface area contributed by atoms with Gasteiger partial charge in [0.25, 0.3) is 0 Å². The van der Waals surface area contributed by atoms with Gasteiger partial charge in [-0.3, -0.25) is 0 Å². The van der Waals surface area contributed by atoms with Crippen molar-refractivity contribution in [3.05, 3.63) is 29.3 Å². The molecule has 1 unspecified atom stereocenters. The van der Waals surface area contributed by atoms with Gasteiger partial charge in [0.1, 0.15) is 0 Å². The molecular formula is C11H16N2O2S. The van der Waals surface area contributed by atoms with Crippen molar-refractivity contribution in [3.8, 4) is 0 Å². The van der Waals surface area contributed by atoms with Crippen molar-refractivity contribution < 1.29 is 8.42 Å². The molecule has 0 heterocycles. The second kappa shape index (κ2) is 3.84. The number of sulfonamides is 1. The average Bonchev–Trinajstić information content (AvgIpc) is 2.56. The van der Waals surface area contributed by atoms with Gasteiger partial charge in [-0.2, -0.15) is 0 Å². The van der Waals surface area contributed by atoms with Crippen LogP contribution in [0.3, 0.4) is 0 Å². The van der Waals surface area contributed by atoms with Gasteiger partial charge in [0.05, 0.1) is 4.90 Å². The lowest BCUT2D eigenvalue weighted by Crippen LogP contribution is -2.22. The number of nitrogens with zero attached hydrogens (tertiary/aromatic N) is 1. The fraction of sp³-hybridized carbons (Fsp3) is 0.455. The van der Waals surface area contributed by atoms with E-state index in [1.54, 1.807) is 12.1 Å². The molecule has 1 aliphatic rings. The van der Waals surface area contributed by atoms with Crippen LogP contribution in [0.25, 0.3) is 0 Å². The van der Waals surface area contributed by atoms with E-state index in [0.717, 1.165) is 18.4 Å². The highest BCUT2D eigenvalue weighted by atomic mass is 32.2. The molecule has 16 heavy (non-hydrogen) atoms. The van der Waals surface area contributed by atoms with E-state index in [9.17, 15) is 8.42 Å². The Balaban J connectivity index is 2.44. The molecular weight excluding hydrogens is 224 g/mol. The lowest BCUT2D eigenvalue weighted by Gasteiger charge is -2.12. The molecule has 1 aromatic carbocycles. The summed E-state index contributed by atoms with van der Waals surface area (Å²) < 4.78 is 25.0. The minimum atomic E-state index is -3.32. The summed E-state index contributed by atoms with van der Waals surface area (Å²) in [5, 5.41) is 0. The normalized spacial score (nSPS) is 20.1. The molecule has 1 aliphatic carbocycles. The minimum absolute atomic E-state index is 0.132. The molecule has 88 valence electrons. The van der Waals surface area contributed by atoms with Gasteiger partial charge >= 0.3 is 0 Å². The smallest absolute Gasteiger partial charge is 0.242 e. The van der Waals surface area contributed by atoms with E-state index >= 15 is 0 Å². The van der Waals surface area contributed by atoms with Gasteiger partial charge in [0, 0.05) is 20.1 Å². The van der Waals surface area contributed by atoms with Crippen LogP contribution in [0.4, 0.5) is 0 Å². The van der Waals surface area contributed by atoms with Gasteiger partial charge in [-0.25, -0.2) is 12.7 Å². The van der Waals surface area contributed by atoms with Crippen molar-refractivity contribution in [3.63, 3.8) is 0 Å². The van der Waals surface area contributed by atoms with Gasteiger partial charge in [0.2, 0.25) is 10.0 Å². The first-order valence-corrected chi connectivity index (χ1v) is 6.65. The summed E-state index contributed by atoms with van der Waals surface area (Å²) in [7, 11) is -0.251. The molecule has 2 N–H and O–H groups in total. The largest absolute Gasteiger partial charge is 0.327 e. The van der Waals surface area contributed by atoms with Gasteiger partial charge in [-0.1, -0.05) is 6.07 Å². The molecule has 0 amide bonds. The lowest BCUT2D eigenvalue weighted by atomic mass is 10.1. The highest BCUT2D eigenvalue weighted by Gasteiger charge is 2.22. The van der Waals surface area contributed by atoms with Crippen LogP contribution in [0.15, 0.2) is 23.1 Å². The molecule has 1 atom stereocenters. The van der Waals surface area contributed by atoms with Crippen LogP contribution in [0.1, 0.15) is 11.1 Å². The first-order chi connectivity index (χ1) is 7.41. The van der Waals surface area contributed by atoms with E-state index in [0.29, 0.717) is 4.90 Å². The molecule has 1 aromatic rings. The van der Waals surface area contributed by atoms with Crippen molar-refractivity contribution in [2.24, 2.45) is 5.73 Å². The third-order valence-electron chi connectivity index (χ3n) is 2.92. The third-order valence-corrected chi connectivity index (χ3v) is 4.73. The second-order valence-electron chi connectivity index (χ2n) is 4.39. The summed E-state index contributed by atoms with van der Waals surface area (Å²) in [6.07, 6.45) is 1.61. The Morgan fingerprint density at radius 2 is 1.88 bits per heavy atom. The maximum absolute atomic E-state index is 11.9. The average molecular weight is 240 g/mol. The minimum Gasteiger partial charge on any atom is -0.327 e. The summed E-state index contributed by atoms with van der Waals surface area (Å²) in [5.74, 6) is 0. The number of fused-ring (bicyclic) bond motifs is 1. The lowest BCUT2D eigenvalue weighted by molar-refractivity contribution is 0.520. The first kappa shape index (κ1) is 11.6. The monoisotopic (exact) mass is 240 g/mol. The molecule has 0 saturated heterocycles. The zero-order valence-electron chi connectivity index (χ0n) is 9.47. The molecule has 0 saturated carbocycles. The summed E-state index contributed by atoms with van der Waals surface area (Å²) in [6.45, 7) is 0. The predicted molar refractivity (Wildman–Crippen MR) is 62.7 cm³/mol. The Kier molecular flexibility index (Phi) is 2.77. The Morgan fingerprint density at radius 3 is 2.50 bits per heavy atom. The van der Waals surface area contributed by atoms with Crippen LogP contribution in [-0.2, 0) is 22.9 Å². The van der Waals surface area contributed by atoms with Crippen molar-refractivity contribution in [2.45, 2.75) is 23.8 Å². The summed E-state index contributed by atoms with van der Waals surface area (Å²) in [4.78, 5) is 0.352. The molecule has 5 heteroatoms. The standard InChI is InChI=1S/C11H16N2O2S/c1-13(2)16(14,15)11-4-3-8-5-10(12)6-9(8)7-11/h3-4,7,10H,5-6,12H2,1-2H3. The van der Waals surface area contributed by atoms with Crippen molar-refractivity contribution in [1.82, 2.24) is 4.31 Å². The Labute approximate surface area is 96.1 Å². The van der Waals surface area contributed by atoms with E-state index in [-0.39, 0.29) is 6.04 Å². The van der Waals surface area contributed by atoms with Crippen molar-refractivity contribution in [1.29, 1.82) is 0 Å². The van der Waals surface area contributed by atoms with Crippen LogP contribution in [-0.4, -0.2) is 32.9 Å². The number of nitrogens with two attached hydrogens (primary N) is 1. The molecule has 0 aliphatic heterocycles. The second-order valence-corrected chi connectivity index (χ2v) is 6.54. The number of hydrogen-bond acceptors (Lipinski definition) is 3. The van der Waals surface area contributed by atoms with E-state index in [2.05, 4.69) is 0 Å². The third kappa shape index (κ3) is 1.86. The van der Waals surface area contributed by atoms with Crippen LogP contribution >= 0.6 is 0 Å². The summed E-state index contributed by atoms with van der Waals surface area (Å²) >= 11 is 0. The van der Waals surface area contributed by atoms with E-state index in [1.165, 1.54) is 24.0 Å². The molecule has 0 fully saturated rings. The van der Waals surface area contributed by atoms with Crippen LogP contribution in [0.2, 0.25) is 0 Å². The Bertz CT molecular complexity index is 509. The van der Waals surface area contributed by atoms with Crippen molar-refractivity contribution in [2.75, 3.05) is 14.1 Å². The fourth-order valence-electron chi connectivity index (χ4n) is 2.00. The van der Waals surface area contributed by atoms with E-state index in [4.69, 9.17) is 5.73 Å². The number of rotatable bonds is 2. The topological polar surface area (TPSA) is 63.4 Å². The molecule has 2 rings (SSSR count). The van der Waals surface area contributed by atoms with Gasteiger partial charge < -0.3 is 5.73 Å². The van der Waals surface area contributed by atoms with Crippen LogP contribution in [0, 0.1) is 0 Å². The predicted octanol–water partition coefficient (Wildman–Crippen LogP) is 0.363. The molecule has 0 aromatic heterocycles. The van der Waals surface area contributed by atoms with Crippen LogP contribution in [0.5, 0.6) is 0 Å². The first-order valence-electron chi connectivity index (χ1n) is 5.21. The van der Waals surface area contributed by atoms with Gasteiger partial charge in [0.15, 0.2) is 0 Å². The summed E-state index contributed by atoms with van der Waals surface area (Å²) in [6, 6.07) is 5.41. The maximum Gasteiger partial charge on any atom is 0.242 e. The summed E-state index contributed by atoms with van der Waals surface area (Å²) in [5.41, 5.74) is 8.08. The van der Waals surface area contributed by atoms with Crippen LogP contribution < -0.4 is 5.73 Å². The molecule has 4 nitrogen and oxygen atoms in total. The zero-order valence-corrected chi connectivity index (χ0v) is 10.3. The number of benzene rings is 1. The van der Waals surface area contributed by atoms with E-state index in [1.807, 2.05) is 6.07 Å². The Hall–Kier alpha value is -0.910. The highest BCUT2D eigenvalue weighted by Crippen LogP contribution is 2.25. The van der Waals surface area contributed by atoms with Gasteiger partial charge in [-0.15, -0.1) is 0 Å². The molecule has 0 spiro atoms. The van der Waals surface area contributed by atoms with Gasteiger partial charge in [-0.05, 0) is 36.1 Å². The molecule has 0 bridgehead atoms. The van der Waals surface area contributed by atoms with E-state index < -0.39 is 10.0 Å². The maximum atomic E-state index is 11.9. The highest BCUT2D eigenvalue weighted by molar-refractivity contribution is 7.89. The Morgan fingerprint density at radius 1 is 1.25 bits per heavy atom. The zero-order chi connectivity index (χ0) is 11.9. The number of hydrogen-bond donors (Lipinski definition) is 1. The SMILES string of the molecule is CN(C)S(=O)(=O)c1ccc2c(c1)CC(N)C2. The quantitative estimate of drug-likeness (QED) is 0.812.